The van der Waals surface area contributed by atoms with E-state index in [-0.39, 0.29) is 35.3 Å². The number of nitrogen functional groups attached to an aromatic ring is 1. The number of fused-ring (bicyclic) bond motifs is 2. The van der Waals surface area contributed by atoms with E-state index in [4.69, 9.17) is 29.1 Å². The van der Waals surface area contributed by atoms with Gasteiger partial charge in [0.05, 0.1) is 34.4 Å². The second-order valence-electron chi connectivity index (χ2n) is 6.86. The van der Waals surface area contributed by atoms with E-state index in [1.165, 1.54) is 17.6 Å². The van der Waals surface area contributed by atoms with Gasteiger partial charge in [-0.2, -0.15) is 9.97 Å². The predicted octanol–water partition coefficient (Wildman–Crippen LogP) is 1.22. The highest BCUT2D eigenvalue weighted by molar-refractivity contribution is 7.52. The third-order valence-corrected chi connectivity index (χ3v) is 6.50. The minimum Gasteiger partial charge on any atom is -0.390 e. The van der Waals surface area contributed by atoms with Gasteiger partial charge in [-0.25, -0.2) is 4.98 Å². The molecule has 2 aliphatic carbocycles. The van der Waals surface area contributed by atoms with Crippen molar-refractivity contribution < 1.29 is 26.6 Å². The number of nitrogens with two attached hydrogens (primary N) is 1. The lowest BCUT2D eigenvalue weighted by Gasteiger charge is -2.24. The molecule has 27 heavy (non-hydrogen) atoms. The van der Waals surface area contributed by atoms with Crippen molar-refractivity contribution in [3.63, 3.8) is 0 Å². The SMILES string of the molecule is [2H]C([2H])(OP(C)(=O)OCC)[C@@]12C[C@@H]1[C@@H](n1cnc3c(N)nc(Cl)nc31)[C@H](O)[C@@H]2O. The van der Waals surface area contributed by atoms with Crippen LogP contribution in [0.3, 0.4) is 0 Å². The molecule has 2 saturated carbocycles. The zero-order chi connectivity index (χ0) is 21.4. The van der Waals surface area contributed by atoms with Crippen molar-refractivity contribution in [3.05, 3.63) is 11.6 Å². The van der Waals surface area contributed by atoms with Gasteiger partial charge in [-0.15, -0.1) is 0 Å². The summed E-state index contributed by atoms with van der Waals surface area (Å²) in [5.41, 5.74) is 4.90. The van der Waals surface area contributed by atoms with E-state index in [0.717, 1.165) is 0 Å². The molecular weight excluding hydrogens is 397 g/mol. The van der Waals surface area contributed by atoms with Crippen LogP contribution in [0.15, 0.2) is 6.33 Å². The minimum atomic E-state index is -3.70. The van der Waals surface area contributed by atoms with Crippen LogP contribution in [0, 0.1) is 11.3 Å². The van der Waals surface area contributed by atoms with Gasteiger partial charge in [-0.3, -0.25) is 4.57 Å². The standard InChI is InChI=1S/C15H21ClN5O5P/c1-3-25-27(2,24)26-5-15-4-7(15)9(10(22)11(15)23)21-6-18-8-12(17)19-14(16)20-13(8)21/h6-7,9-11,22-23H,3-5H2,1-2H3,(H2,17,19,20)/t7-,9-,10+,11+,15+,27?/m1/s1/i5D2. The van der Waals surface area contributed by atoms with Gasteiger partial charge in [0.2, 0.25) is 5.28 Å². The van der Waals surface area contributed by atoms with E-state index in [9.17, 15) is 14.8 Å². The highest BCUT2D eigenvalue weighted by atomic mass is 35.5. The molecule has 2 aliphatic rings. The number of halogens is 1. The van der Waals surface area contributed by atoms with Crippen molar-refractivity contribution in [1.82, 2.24) is 19.5 Å². The van der Waals surface area contributed by atoms with Gasteiger partial charge >= 0.3 is 7.60 Å². The third-order valence-electron chi connectivity index (χ3n) is 5.18. The summed E-state index contributed by atoms with van der Waals surface area (Å²) in [6.45, 7) is 0.355. The maximum absolute atomic E-state index is 12.4. The minimum absolute atomic E-state index is 0.0659. The van der Waals surface area contributed by atoms with Crippen LogP contribution in [-0.4, -0.2) is 61.8 Å². The van der Waals surface area contributed by atoms with E-state index in [0.29, 0.717) is 0 Å². The normalized spacial score (nSPS) is 36.2. The first-order valence-electron chi connectivity index (χ1n) is 9.39. The van der Waals surface area contributed by atoms with Crippen molar-refractivity contribution in [2.75, 3.05) is 25.6 Å². The molecule has 0 aliphatic heterocycles. The first-order chi connectivity index (χ1) is 13.4. The summed E-state index contributed by atoms with van der Waals surface area (Å²) in [5, 5.41) is 21.4. The van der Waals surface area contributed by atoms with E-state index in [2.05, 4.69) is 15.0 Å². The number of hydrogen-bond donors (Lipinski definition) is 3. The predicted molar refractivity (Wildman–Crippen MR) is 97.4 cm³/mol. The van der Waals surface area contributed by atoms with Crippen LogP contribution >= 0.6 is 19.2 Å². The third kappa shape index (κ3) is 2.95. The summed E-state index contributed by atoms with van der Waals surface area (Å²) in [6, 6.07) is -0.762. The second kappa shape index (κ2) is 6.37. The molecule has 0 radical (unpaired) electrons. The van der Waals surface area contributed by atoms with Crippen LogP contribution in [0.5, 0.6) is 0 Å². The molecule has 1 unspecified atom stereocenters. The first-order valence-corrected chi connectivity index (χ1v) is 10.8. The number of aliphatic hydroxyl groups is 2. The van der Waals surface area contributed by atoms with Crippen molar-refractivity contribution in [2.24, 2.45) is 11.3 Å². The Morgan fingerprint density at radius 2 is 2.26 bits per heavy atom. The molecule has 0 spiro atoms. The van der Waals surface area contributed by atoms with Crippen molar-refractivity contribution in [1.29, 1.82) is 0 Å². The van der Waals surface area contributed by atoms with Crippen LogP contribution in [-0.2, 0) is 13.6 Å². The summed E-state index contributed by atoms with van der Waals surface area (Å²) < 4.78 is 40.9. The molecule has 4 N–H and O–H groups in total. The van der Waals surface area contributed by atoms with Gasteiger partial charge in [-0.1, -0.05) is 0 Å². The van der Waals surface area contributed by atoms with E-state index < -0.39 is 43.7 Å². The Kier molecular flexibility index (Phi) is 3.93. The smallest absolute Gasteiger partial charge is 0.327 e. The molecule has 12 heteroatoms. The number of nitrogens with zero attached hydrogens (tertiary/aromatic N) is 4. The fourth-order valence-electron chi connectivity index (χ4n) is 3.89. The van der Waals surface area contributed by atoms with Crippen LogP contribution in [0.4, 0.5) is 5.82 Å². The summed E-state index contributed by atoms with van der Waals surface area (Å²) >= 11 is 5.89. The van der Waals surface area contributed by atoms with Gasteiger partial charge in [0.1, 0.15) is 11.6 Å². The van der Waals surface area contributed by atoms with Gasteiger partial charge < -0.3 is 29.6 Å². The second-order valence-corrected chi connectivity index (χ2v) is 9.18. The number of aliphatic hydroxyl groups excluding tert-OH is 2. The molecule has 2 fully saturated rings. The molecule has 6 atom stereocenters. The summed E-state index contributed by atoms with van der Waals surface area (Å²) in [7, 11) is -3.70. The summed E-state index contributed by atoms with van der Waals surface area (Å²) in [5.74, 6) is -0.465. The van der Waals surface area contributed by atoms with Crippen molar-refractivity contribution in [2.45, 2.75) is 31.6 Å². The van der Waals surface area contributed by atoms with Crippen LogP contribution < -0.4 is 5.73 Å². The molecule has 10 nitrogen and oxygen atoms in total. The number of hydrogen-bond acceptors (Lipinski definition) is 9. The quantitative estimate of drug-likeness (QED) is 0.464. The van der Waals surface area contributed by atoms with Crippen LogP contribution in [0.2, 0.25) is 5.28 Å². The van der Waals surface area contributed by atoms with Crippen molar-refractivity contribution in [3.8, 4) is 0 Å². The largest absolute Gasteiger partial charge is 0.390 e. The molecule has 148 valence electrons. The molecule has 0 bridgehead atoms. The lowest BCUT2D eigenvalue weighted by Crippen LogP contribution is -2.35. The zero-order valence-electron chi connectivity index (χ0n) is 16.6. The molecule has 2 aromatic heterocycles. The first kappa shape index (κ1) is 16.6. The number of rotatable bonds is 6. The Morgan fingerprint density at radius 1 is 1.52 bits per heavy atom. The molecular formula is C15H21ClN5O5P. The van der Waals surface area contributed by atoms with E-state index >= 15 is 0 Å². The molecule has 0 amide bonds. The molecule has 2 aromatic rings. The highest BCUT2D eigenvalue weighted by Crippen LogP contribution is 2.69. The highest BCUT2D eigenvalue weighted by Gasteiger charge is 2.72. The fraction of sp³-hybridized carbons (Fsp3) is 0.667. The van der Waals surface area contributed by atoms with Crippen molar-refractivity contribution >= 4 is 36.2 Å². The van der Waals surface area contributed by atoms with Crippen LogP contribution in [0.25, 0.3) is 11.2 Å². The maximum Gasteiger partial charge on any atom is 0.327 e. The Balaban J connectivity index is 1.72. The number of aromatic nitrogens is 4. The Bertz CT molecular complexity index is 1020. The van der Waals surface area contributed by atoms with E-state index in [1.807, 2.05) is 0 Å². The average Bonchev–Trinajstić information content (AvgIpc) is 3.14. The van der Waals surface area contributed by atoms with Gasteiger partial charge in [0.15, 0.2) is 11.5 Å². The lowest BCUT2D eigenvalue weighted by atomic mass is 10.0. The van der Waals surface area contributed by atoms with Gasteiger partial charge in [0, 0.05) is 12.1 Å². The van der Waals surface area contributed by atoms with Gasteiger partial charge in [-0.05, 0) is 30.9 Å². The monoisotopic (exact) mass is 419 g/mol. The van der Waals surface area contributed by atoms with Crippen LogP contribution in [0.1, 0.15) is 22.1 Å². The molecule has 2 heterocycles. The topological polar surface area (TPSA) is 146 Å². The summed E-state index contributed by atoms with van der Waals surface area (Å²) in [4.78, 5) is 12.1. The maximum atomic E-state index is 12.4. The fourth-order valence-corrected chi connectivity index (χ4v) is 4.92. The Hall–Kier alpha value is -1.29. The van der Waals surface area contributed by atoms with Gasteiger partial charge in [0.25, 0.3) is 0 Å². The molecule has 4 rings (SSSR count). The number of imidazole rings is 1. The zero-order valence-corrected chi connectivity index (χ0v) is 16.3. The molecule has 0 saturated heterocycles. The lowest BCUT2D eigenvalue weighted by molar-refractivity contribution is -0.0285. The van der Waals surface area contributed by atoms with E-state index in [1.54, 1.807) is 6.92 Å². The summed E-state index contributed by atoms with van der Waals surface area (Å²) in [6.07, 6.45) is -1.23. The number of anilines is 1. The average molecular weight is 420 g/mol. The Labute approximate surface area is 163 Å². The molecule has 0 aromatic carbocycles. The Morgan fingerprint density at radius 3 is 2.96 bits per heavy atom.